The highest BCUT2D eigenvalue weighted by molar-refractivity contribution is 14.1. The maximum Gasteiger partial charge on any atom is 0.147 e. The number of halogens is 1. The molecule has 0 saturated carbocycles. The van der Waals surface area contributed by atoms with Crippen molar-refractivity contribution >= 4 is 22.6 Å². The van der Waals surface area contributed by atoms with Crippen LogP contribution in [0.4, 0.5) is 0 Å². The molecular formula is C11H22INO2. The largest absolute Gasteiger partial charge is 0.354 e. The Kier molecular flexibility index (Phi) is 5.81. The van der Waals surface area contributed by atoms with Crippen LogP contribution in [0.15, 0.2) is 0 Å². The highest BCUT2D eigenvalue weighted by Gasteiger charge is 2.32. The molecule has 0 aliphatic carbocycles. The van der Waals surface area contributed by atoms with Gasteiger partial charge in [0.1, 0.15) is 6.79 Å². The van der Waals surface area contributed by atoms with Crippen molar-refractivity contribution in [3.05, 3.63) is 0 Å². The van der Waals surface area contributed by atoms with Crippen LogP contribution >= 0.6 is 22.6 Å². The molecule has 2 atom stereocenters. The average Bonchev–Trinajstić information content (AvgIpc) is 2.65. The van der Waals surface area contributed by atoms with E-state index in [-0.39, 0.29) is 5.60 Å². The summed E-state index contributed by atoms with van der Waals surface area (Å²) in [4.78, 5) is 0. The Morgan fingerprint density at radius 2 is 2.27 bits per heavy atom. The molecule has 1 aliphatic rings. The highest BCUT2D eigenvalue weighted by Crippen LogP contribution is 2.26. The smallest absolute Gasteiger partial charge is 0.147 e. The van der Waals surface area contributed by atoms with E-state index in [4.69, 9.17) is 9.47 Å². The van der Waals surface area contributed by atoms with E-state index in [9.17, 15) is 0 Å². The first-order valence-corrected chi connectivity index (χ1v) is 6.83. The summed E-state index contributed by atoms with van der Waals surface area (Å²) in [5.74, 6) is 0.609. The molecule has 1 aliphatic heterocycles. The summed E-state index contributed by atoms with van der Waals surface area (Å²) in [5, 5.41) is 3.37. The van der Waals surface area contributed by atoms with Crippen molar-refractivity contribution in [2.75, 3.05) is 26.5 Å². The van der Waals surface area contributed by atoms with Gasteiger partial charge in [-0.05, 0) is 26.8 Å². The van der Waals surface area contributed by atoms with Gasteiger partial charge in [-0.25, -0.2) is 0 Å². The fourth-order valence-corrected chi connectivity index (χ4v) is 2.02. The van der Waals surface area contributed by atoms with Crippen molar-refractivity contribution in [3.63, 3.8) is 0 Å². The zero-order valence-electron chi connectivity index (χ0n) is 9.88. The summed E-state index contributed by atoms with van der Waals surface area (Å²) in [6, 6.07) is 0. The van der Waals surface area contributed by atoms with E-state index in [0.29, 0.717) is 16.6 Å². The molecule has 3 nitrogen and oxygen atoms in total. The van der Waals surface area contributed by atoms with Gasteiger partial charge in [0.05, 0.1) is 12.2 Å². The third-order valence-corrected chi connectivity index (χ3v) is 3.26. The number of nitrogens with one attached hydrogen (secondary N) is 1. The lowest BCUT2D eigenvalue weighted by atomic mass is 9.90. The monoisotopic (exact) mass is 327 g/mol. The molecule has 1 fully saturated rings. The second kappa shape index (κ2) is 6.37. The van der Waals surface area contributed by atoms with Crippen LogP contribution in [0.5, 0.6) is 0 Å². The summed E-state index contributed by atoms with van der Waals surface area (Å²) in [5.41, 5.74) is -0.0714. The predicted octanol–water partition coefficient (Wildman–Crippen LogP) is 2.19. The molecule has 1 heterocycles. The number of rotatable bonds is 6. The summed E-state index contributed by atoms with van der Waals surface area (Å²) < 4.78 is 11.8. The maximum absolute atomic E-state index is 5.80. The van der Waals surface area contributed by atoms with Crippen molar-refractivity contribution in [3.8, 4) is 0 Å². The highest BCUT2D eigenvalue weighted by atomic mass is 127. The number of ether oxygens (including phenoxy) is 2. The molecule has 0 aromatic heterocycles. The van der Waals surface area contributed by atoms with Gasteiger partial charge in [-0.3, -0.25) is 0 Å². The molecule has 0 radical (unpaired) electrons. The molecule has 1 rings (SSSR count). The maximum atomic E-state index is 5.80. The summed E-state index contributed by atoms with van der Waals surface area (Å²) >= 11 is 2.35. The molecule has 0 bridgehead atoms. The van der Waals surface area contributed by atoms with Gasteiger partial charge in [-0.1, -0.05) is 29.5 Å². The van der Waals surface area contributed by atoms with E-state index in [1.807, 2.05) is 0 Å². The Morgan fingerprint density at radius 3 is 2.80 bits per heavy atom. The van der Waals surface area contributed by atoms with Gasteiger partial charge in [0.2, 0.25) is 0 Å². The van der Waals surface area contributed by atoms with Gasteiger partial charge in [0, 0.05) is 16.4 Å². The van der Waals surface area contributed by atoms with Crippen molar-refractivity contribution < 1.29 is 9.47 Å². The molecule has 0 spiro atoms. The Morgan fingerprint density at radius 1 is 1.53 bits per heavy atom. The van der Waals surface area contributed by atoms with Crippen LogP contribution in [0.1, 0.15) is 27.2 Å². The normalized spacial score (nSPS) is 24.4. The van der Waals surface area contributed by atoms with Crippen LogP contribution in [0.3, 0.4) is 0 Å². The van der Waals surface area contributed by atoms with E-state index in [1.165, 1.54) is 6.42 Å². The SMILES string of the molecule is CC(I)COCOC(C)(C)C1CCNC1. The molecule has 2 unspecified atom stereocenters. The summed E-state index contributed by atoms with van der Waals surface area (Å²) in [6.45, 7) is 9.80. The third-order valence-electron chi connectivity index (χ3n) is 2.91. The average molecular weight is 327 g/mol. The molecule has 1 N–H and O–H groups in total. The Bertz CT molecular complexity index is 179. The lowest BCUT2D eigenvalue weighted by Gasteiger charge is -2.31. The van der Waals surface area contributed by atoms with Gasteiger partial charge in [0.25, 0.3) is 0 Å². The third kappa shape index (κ3) is 4.97. The fourth-order valence-electron chi connectivity index (χ4n) is 1.77. The molecule has 15 heavy (non-hydrogen) atoms. The molecule has 0 aromatic rings. The minimum Gasteiger partial charge on any atom is -0.354 e. The van der Waals surface area contributed by atoms with Gasteiger partial charge >= 0.3 is 0 Å². The van der Waals surface area contributed by atoms with Crippen molar-refractivity contribution in [1.29, 1.82) is 0 Å². The quantitative estimate of drug-likeness (QED) is 0.351. The Labute approximate surface area is 106 Å². The standard InChI is InChI=1S/C11H22INO2/c1-9(12)7-14-8-15-11(2,3)10-4-5-13-6-10/h9-10,13H,4-8H2,1-3H3. The van der Waals surface area contributed by atoms with Gasteiger partial charge < -0.3 is 14.8 Å². The van der Waals surface area contributed by atoms with Crippen molar-refractivity contribution in [1.82, 2.24) is 5.32 Å². The van der Waals surface area contributed by atoms with Crippen LogP contribution in [0, 0.1) is 5.92 Å². The molecule has 90 valence electrons. The van der Waals surface area contributed by atoms with Crippen LogP contribution in [0.2, 0.25) is 0 Å². The van der Waals surface area contributed by atoms with Crippen LogP contribution < -0.4 is 5.32 Å². The zero-order valence-corrected chi connectivity index (χ0v) is 12.0. The molecule has 0 amide bonds. The van der Waals surface area contributed by atoms with E-state index < -0.39 is 0 Å². The minimum absolute atomic E-state index is 0.0714. The Hall–Kier alpha value is 0.610. The van der Waals surface area contributed by atoms with Crippen molar-refractivity contribution in [2.24, 2.45) is 5.92 Å². The first kappa shape index (κ1) is 13.7. The number of hydrogen-bond donors (Lipinski definition) is 1. The topological polar surface area (TPSA) is 30.5 Å². The second-order valence-corrected chi connectivity index (χ2v) is 6.83. The first-order chi connectivity index (χ1) is 7.02. The van der Waals surface area contributed by atoms with E-state index in [2.05, 4.69) is 48.7 Å². The molecular weight excluding hydrogens is 305 g/mol. The lowest BCUT2D eigenvalue weighted by Crippen LogP contribution is -2.36. The van der Waals surface area contributed by atoms with Crippen LogP contribution in [-0.4, -0.2) is 36.0 Å². The van der Waals surface area contributed by atoms with Crippen LogP contribution in [-0.2, 0) is 9.47 Å². The summed E-state index contributed by atoms with van der Waals surface area (Å²) in [7, 11) is 0. The number of alkyl halides is 1. The van der Waals surface area contributed by atoms with E-state index in [1.54, 1.807) is 0 Å². The van der Waals surface area contributed by atoms with Crippen LogP contribution in [0.25, 0.3) is 0 Å². The number of hydrogen-bond acceptors (Lipinski definition) is 3. The minimum atomic E-state index is -0.0714. The van der Waals surface area contributed by atoms with Gasteiger partial charge in [-0.2, -0.15) is 0 Å². The Balaban J connectivity index is 2.17. The molecule has 1 saturated heterocycles. The molecule has 0 aromatic carbocycles. The van der Waals surface area contributed by atoms with Crippen molar-refractivity contribution in [2.45, 2.75) is 36.7 Å². The predicted molar refractivity (Wildman–Crippen MR) is 70.4 cm³/mol. The van der Waals surface area contributed by atoms with Gasteiger partial charge in [0.15, 0.2) is 0 Å². The lowest BCUT2D eigenvalue weighted by molar-refractivity contribution is -0.145. The first-order valence-electron chi connectivity index (χ1n) is 5.59. The van der Waals surface area contributed by atoms with E-state index in [0.717, 1.165) is 19.7 Å². The fraction of sp³-hybridized carbons (Fsp3) is 1.00. The van der Waals surface area contributed by atoms with Gasteiger partial charge in [-0.15, -0.1) is 0 Å². The summed E-state index contributed by atoms with van der Waals surface area (Å²) in [6.07, 6.45) is 1.20. The van der Waals surface area contributed by atoms with E-state index >= 15 is 0 Å². The molecule has 4 heteroatoms. The second-order valence-electron chi connectivity index (χ2n) is 4.71. The zero-order chi connectivity index (χ0) is 11.3.